The lowest BCUT2D eigenvalue weighted by atomic mass is 10.3. The fraction of sp³-hybridized carbons (Fsp3) is 0.333. The van der Waals surface area contributed by atoms with Crippen LogP contribution in [0, 0.1) is 17.6 Å². The monoisotopic (exact) mass is 219 g/mol. The molecular weight excluding hydrogens is 211 g/mol. The lowest BCUT2D eigenvalue weighted by molar-refractivity contribution is 0.0368. The minimum atomic E-state index is -1.71. The van der Waals surface area contributed by atoms with Crippen molar-refractivity contribution in [1.29, 1.82) is 0 Å². The topological polar surface area (TPSA) is 39.2 Å². The van der Waals surface area contributed by atoms with Gasteiger partial charge >= 0.3 is 5.97 Å². The van der Waals surface area contributed by atoms with E-state index < -0.39 is 35.3 Å². The molecule has 0 spiro atoms. The van der Waals surface area contributed by atoms with Crippen molar-refractivity contribution in [2.45, 2.75) is 20.0 Å². The van der Waals surface area contributed by atoms with E-state index in [1.807, 2.05) is 0 Å². The molecule has 3 nitrogen and oxygen atoms in total. The molecule has 0 aromatic carbocycles. The number of carbonyl (C=O) groups is 1. The first-order valence-corrected chi connectivity index (χ1v) is 4.14. The summed E-state index contributed by atoms with van der Waals surface area (Å²) in [5.41, 5.74) is -0.597. The Labute approximate surface area is 83.9 Å². The standard InChI is InChI=1S/C9H8F3NO2/c1-4(2)15-9(14)6-3-5(10)7(11)8(12)13-6/h3-4H,1-2H3. The van der Waals surface area contributed by atoms with Gasteiger partial charge < -0.3 is 4.74 Å². The van der Waals surface area contributed by atoms with Crippen molar-refractivity contribution in [2.24, 2.45) is 0 Å². The molecule has 82 valence electrons. The van der Waals surface area contributed by atoms with Gasteiger partial charge in [0.15, 0.2) is 11.5 Å². The van der Waals surface area contributed by atoms with Crippen LogP contribution in [-0.4, -0.2) is 17.1 Å². The molecule has 1 heterocycles. The molecule has 0 fully saturated rings. The third-order valence-corrected chi connectivity index (χ3v) is 1.42. The molecule has 0 saturated carbocycles. The molecule has 0 aliphatic carbocycles. The van der Waals surface area contributed by atoms with Crippen molar-refractivity contribution in [3.05, 3.63) is 29.3 Å². The third-order valence-electron chi connectivity index (χ3n) is 1.42. The van der Waals surface area contributed by atoms with Crippen molar-refractivity contribution < 1.29 is 22.7 Å². The van der Waals surface area contributed by atoms with Gasteiger partial charge in [0.2, 0.25) is 5.82 Å². The Kier molecular flexibility index (Phi) is 3.28. The van der Waals surface area contributed by atoms with Crippen LogP contribution in [0.3, 0.4) is 0 Å². The van der Waals surface area contributed by atoms with Crippen LogP contribution in [0.4, 0.5) is 13.2 Å². The van der Waals surface area contributed by atoms with Crippen molar-refractivity contribution in [1.82, 2.24) is 4.98 Å². The van der Waals surface area contributed by atoms with Gasteiger partial charge in [0.05, 0.1) is 6.10 Å². The summed E-state index contributed by atoms with van der Waals surface area (Å²) in [5.74, 6) is -5.84. The highest BCUT2D eigenvalue weighted by Gasteiger charge is 2.18. The molecule has 1 rings (SSSR count). The second-order valence-corrected chi connectivity index (χ2v) is 3.05. The lowest BCUT2D eigenvalue weighted by Gasteiger charge is -2.07. The van der Waals surface area contributed by atoms with E-state index in [1.54, 1.807) is 13.8 Å². The summed E-state index contributed by atoms with van der Waals surface area (Å²) in [4.78, 5) is 14.1. The highest BCUT2D eigenvalue weighted by atomic mass is 19.2. The number of hydrogen-bond donors (Lipinski definition) is 0. The van der Waals surface area contributed by atoms with Gasteiger partial charge in [-0.3, -0.25) is 0 Å². The number of carbonyl (C=O) groups excluding carboxylic acids is 1. The van der Waals surface area contributed by atoms with E-state index in [1.165, 1.54) is 0 Å². The first-order chi connectivity index (χ1) is 6.91. The molecule has 0 bridgehead atoms. The Morgan fingerprint density at radius 3 is 2.47 bits per heavy atom. The quantitative estimate of drug-likeness (QED) is 0.564. The normalized spacial score (nSPS) is 10.5. The van der Waals surface area contributed by atoms with E-state index in [0.717, 1.165) is 0 Å². The van der Waals surface area contributed by atoms with Crippen molar-refractivity contribution >= 4 is 5.97 Å². The SMILES string of the molecule is CC(C)OC(=O)c1cc(F)c(F)c(F)n1. The minimum Gasteiger partial charge on any atom is -0.458 e. The van der Waals surface area contributed by atoms with E-state index in [4.69, 9.17) is 0 Å². The van der Waals surface area contributed by atoms with Gasteiger partial charge in [-0.1, -0.05) is 0 Å². The van der Waals surface area contributed by atoms with Gasteiger partial charge in [-0.2, -0.15) is 8.78 Å². The number of halogens is 3. The number of aromatic nitrogens is 1. The summed E-state index contributed by atoms with van der Waals surface area (Å²) in [6.07, 6.45) is -0.449. The smallest absolute Gasteiger partial charge is 0.357 e. The summed E-state index contributed by atoms with van der Waals surface area (Å²) < 4.78 is 42.4. The number of ether oxygens (including phenoxy) is 1. The molecule has 1 aromatic heterocycles. The third kappa shape index (κ3) is 2.68. The van der Waals surface area contributed by atoms with E-state index in [9.17, 15) is 18.0 Å². The predicted octanol–water partition coefficient (Wildman–Crippen LogP) is 2.06. The Morgan fingerprint density at radius 1 is 1.40 bits per heavy atom. The molecule has 0 unspecified atom stereocenters. The molecular formula is C9H8F3NO2. The molecule has 15 heavy (non-hydrogen) atoms. The first kappa shape index (κ1) is 11.5. The molecule has 0 amide bonds. The fourth-order valence-electron chi connectivity index (χ4n) is 0.848. The summed E-state index contributed by atoms with van der Waals surface area (Å²) in [5, 5.41) is 0. The molecule has 0 radical (unpaired) electrons. The van der Waals surface area contributed by atoms with Crippen LogP contribution in [0.15, 0.2) is 6.07 Å². The summed E-state index contributed by atoms with van der Waals surface area (Å²) in [6, 6.07) is 0.489. The van der Waals surface area contributed by atoms with Crippen LogP contribution in [0.1, 0.15) is 24.3 Å². The molecule has 0 saturated heterocycles. The van der Waals surface area contributed by atoms with E-state index in [0.29, 0.717) is 6.07 Å². The Morgan fingerprint density at radius 2 is 2.00 bits per heavy atom. The van der Waals surface area contributed by atoms with Gasteiger partial charge in [-0.15, -0.1) is 0 Å². The van der Waals surface area contributed by atoms with Crippen LogP contribution >= 0.6 is 0 Å². The zero-order valence-corrected chi connectivity index (χ0v) is 8.05. The number of esters is 1. The Hall–Kier alpha value is -1.59. The highest BCUT2D eigenvalue weighted by molar-refractivity contribution is 5.87. The van der Waals surface area contributed by atoms with Gasteiger partial charge in [-0.05, 0) is 13.8 Å². The molecule has 0 aliphatic rings. The van der Waals surface area contributed by atoms with Crippen LogP contribution in [-0.2, 0) is 4.74 Å². The minimum absolute atomic E-state index is 0.449. The zero-order valence-electron chi connectivity index (χ0n) is 8.05. The van der Waals surface area contributed by atoms with Crippen molar-refractivity contribution in [3.8, 4) is 0 Å². The van der Waals surface area contributed by atoms with Gasteiger partial charge in [-0.25, -0.2) is 14.2 Å². The van der Waals surface area contributed by atoms with Gasteiger partial charge in [0, 0.05) is 6.07 Å². The highest BCUT2D eigenvalue weighted by Crippen LogP contribution is 2.11. The predicted molar refractivity (Wildman–Crippen MR) is 44.7 cm³/mol. The Balaban J connectivity index is 3.01. The van der Waals surface area contributed by atoms with Crippen molar-refractivity contribution in [2.75, 3.05) is 0 Å². The van der Waals surface area contributed by atoms with Gasteiger partial charge in [0.1, 0.15) is 0 Å². The number of rotatable bonds is 2. The second kappa shape index (κ2) is 4.29. The summed E-state index contributed by atoms with van der Waals surface area (Å²) in [6.45, 7) is 3.13. The lowest BCUT2D eigenvalue weighted by Crippen LogP contribution is -2.14. The average molecular weight is 219 g/mol. The van der Waals surface area contributed by atoms with Crippen LogP contribution in [0.25, 0.3) is 0 Å². The van der Waals surface area contributed by atoms with Crippen LogP contribution in [0.2, 0.25) is 0 Å². The number of pyridine rings is 1. The number of nitrogens with zero attached hydrogens (tertiary/aromatic N) is 1. The molecule has 0 atom stereocenters. The molecule has 1 aromatic rings. The second-order valence-electron chi connectivity index (χ2n) is 3.05. The molecule has 6 heteroatoms. The largest absolute Gasteiger partial charge is 0.458 e. The van der Waals surface area contributed by atoms with Gasteiger partial charge in [0.25, 0.3) is 5.95 Å². The Bertz CT molecular complexity index is 370. The summed E-state index contributed by atoms with van der Waals surface area (Å²) in [7, 11) is 0. The van der Waals surface area contributed by atoms with E-state index in [-0.39, 0.29) is 0 Å². The average Bonchev–Trinajstić information content (AvgIpc) is 2.12. The number of hydrogen-bond acceptors (Lipinski definition) is 3. The zero-order chi connectivity index (χ0) is 11.6. The maximum atomic E-state index is 12.7. The molecule has 0 N–H and O–H groups in total. The van der Waals surface area contributed by atoms with Crippen LogP contribution in [0.5, 0.6) is 0 Å². The maximum Gasteiger partial charge on any atom is 0.357 e. The van der Waals surface area contributed by atoms with Crippen molar-refractivity contribution in [3.63, 3.8) is 0 Å². The first-order valence-electron chi connectivity index (χ1n) is 4.14. The van der Waals surface area contributed by atoms with E-state index in [2.05, 4.69) is 9.72 Å². The maximum absolute atomic E-state index is 12.7. The summed E-state index contributed by atoms with van der Waals surface area (Å²) >= 11 is 0. The van der Waals surface area contributed by atoms with E-state index >= 15 is 0 Å². The molecule has 0 aliphatic heterocycles. The fourth-order valence-corrected chi connectivity index (χ4v) is 0.848. The van der Waals surface area contributed by atoms with Crippen LogP contribution < -0.4 is 0 Å².